The number of aromatic amines is 1. The minimum absolute atomic E-state index is 0.632. The minimum atomic E-state index is 0.632. The van der Waals surface area contributed by atoms with Crippen LogP contribution >= 0.6 is 0 Å². The molecule has 3 heterocycles. The molecule has 0 radical (unpaired) electrons. The van der Waals surface area contributed by atoms with Crippen molar-refractivity contribution in [2.75, 3.05) is 25.0 Å². The molecule has 1 aliphatic rings. The van der Waals surface area contributed by atoms with Crippen molar-refractivity contribution < 1.29 is 0 Å². The number of piperidine rings is 1. The largest absolute Gasteiger partial charge is 0.354 e. The summed E-state index contributed by atoms with van der Waals surface area (Å²) in [4.78, 5) is 12.3. The predicted octanol–water partition coefficient (Wildman–Crippen LogP) is 2.64. The second-order valence-electron chi connectivity index (χ2n) is 5.50. The van der Waals surface area contributed by atoms with Gasteiger partial charge >= 0.3 is 0 Å². The fraction of sp³-hybridized carbons (Fsp3) is 0.600. The minimum Gasteiger partial charge on any atom is -0.354 e. The van der Waals surface area contributed by atoms with Crippen LogP contribution in [0.1, 0.15) is 44.1 Å². The Labute approximate surface area is 119 Å². The van der Waals surface area contributed by atoms with Crippen molar-refractivity contribution in [2.45, 2.75) is 38.5 Å². The maximum absolute atomic E-state index is 4.57. The lowest BCUT2D eigenvalue weighted by Crippen LogP contribution is -2.26. The van der Waals surface area contributed by atoms with E-state index in [1.54, 1.807) is 0 Å². The zero-order valence-corrected chi connectivity index (χ0v) is 12.1. The van der Waals surface area contributed by atoms with Crippen molar-refractivity contribution in [1.29, 1.82) is 0 Å². The zero-order valence-electron chi connectivity index (χ0n) is 12.1. The van der Waals surface area contributed by atoms with Crippen molar-refractivity contribution in [3.8, 4) is 0 Å². The molecule has 5 heteroatoms. The van der Waals surface area contributed by atoms with Crippen LogP contribution in [0.3, 0.4) is 0 Å². The molecule has 108 valence electrons. The molecule has 2 aromatic heterocycles. The van der Waals surface area contributed by atoms with Crippen molar-refractivity contribution >= 4 is 17.0 Å². The standard InChI is InChI=1S/C15H23N5/c1-2-3-6-17-15-19-10-13-12(9-18-14(13)20-15)11-4-7-16-8-5-11/h9-11,16H,2-8H2,1H3,(H2,17,18,19,20). The van der Waals surface area contributed by atoms with Gasteiger partial charge in [0.15, 0.2) is 0 Å². The van der Waals surface area contributed by atoms with Gasteiger partial charge in [0.25, 0.3) is 0 Å². The van der Waals surface area contributed by atoms with Gasteiger partial charge in [-0.2, -0.15) is 4.98 Å². The van der Waals surface area contributed by atoms with Gasteiger partial charge in [-0.25, -0.2) is 4.98 Å². The zero-order chi connectivity index (χ0) is 13.8. The molecule has 0 aromatic carbocycles. The summed E-state index contributed by atoms with van der Waals surface area (Å²) in [6.07, 6.45) is 8.80. The maximum Gasteiger partial charge on any atom is 0.224 e. The van der Waals surface area contributed by atoms with Gasteiger partial charge in [0, 0.05) is 24.3 Å². The molecule has 3 N–H and O–H groups in total. The Morgan fingerprint density at radius 1 is 1.35 bits per heavy atom. The van der Waals surface area contributed by atoms with E-state index in [2.05, 4.69) is 38.7 Å². The highest BCUT2D eigenvalue weighted by atomic mass is 15.1. The summed E-state index contributed by atoms with van der Waals surface area (Å²) in [5.74, 6) is 1.36. The molecular weight excluding hydrogens is 250 g/mol. The molecule has 3 rings (SSSR count). The number of unbranched alkanes of at least 4 members (excludes halogenated alkanes) is 1. The van der Waals surface area contributed by atoms with Crippen LogP contribution in [0.25, 0.3) is 11.0 Å². The fourth-order valence-corrected chi connectivity index (χ4v) is 2.86. The monoisotopic (exact) mass is 273 g/mol. The smallest absolute Gasteiger partial charge is 0.224 e. The van der Waals surface area contributed by atoms with Crippen LogP contribution in [-0.2, 0) is 0 Å². The van der Waals surface area contributed by atoms with Gasteiger partial charge in [0.05, 0.1) is 0 Å². The molecule has 0 amide bonds. The number of H-pyrrole nitrogens is 1. The number of nitrogens with zero attached hydrogens (tertiary/aromatic N) is 2. The predicted molar refractivity (Wildman–Crippen MR) is 82.1 cm³/mol. The van der Waals surface area contributed by atoms with Gasteiger partial charge in [-0.1, -0.05) is 13.3 Å². The lowest BCUT2D eigenvalue weighted by Gasteiger charge is -2.22. The molecule has 20 heavy (non-hydrogen) atoms. The van der Waals surface area contributed by atoms with Crippen LogP contribution in [0, 0.1) is 0 Å². The van der Waals surface area contributed by atoms with Gasteiger partial charge < -0.3 is 15.6 Å². The molecule has 1 fully saturated rings. The van der Waals surface area contributed by atoms with Gasteiger partial charge in [-0.15, -0.1) is 0 Å². The third kappa shape index (κ3) is 2.77. The molecule has 1 aliphatic heterocycles. The summed E-state index contributed by atoms with van der Waals surface area (Å²) >= 11 is 0. The highest BCUT2D eigenvalue weighted by Crippen LogP contribution is 2.30. The van der Waals surface area contributed by atoms with Crippen molar-refractivity contribution in [3.05, 3.63) is 18.0 Å². The molecule has 0 bridgehead atoms. The Hall–Kier alpha value is -1.62. The van der Waals surface area contributed by atoms with Crippen molar-refractivity contribution in [3.63, 3.8) is 0 Å². The van der Waals surface area contributed by atoms with Crippen molar-refractivity contribution in [1.82, 2.24) is 20.3 Å². The topological polar surface area (TPSA) is 65.6 Å². The molecule has 0 spiro atoms. The SMILES string of the molecule is CCCCNc1ncc2c(C3CCNCC3)c[nH]c2n1. The van der Waals surface area contributed by atoms with Crippen LogP contribution in [0.15, 0.2) is 12.4 Å². The first-order valence-electron chi connectivity index (χ1n) is 7.67. The Bertz CT molecular complexity index is 556. The summed E-state index contributed by atoms with van der Waals surface area (Å²) in [7, 11) is 0. The summed E-state index contributed by atoms with van der Waals surface area (Å²) < 4.78 is 0. The van der Waals surface area contributed by atoms with Crippen LogP contribution < -0.4 is 10.6 Å². The van der Waals surface area contributed by atoms with Crippen LogP contribution in [-0.4, -0.2) is 34.6 Å². The summed E-state index contributed by atoms with van der Waals surface area (Å²) in [5.41, 5.74) is 2.33. The van der Waals surface area contributed by atoms with E-state index in [1.807, 2.05) is 6.20 Å². The van der Waals surface area contributed by atoms with E-state index in [1.165, 1.54) is 30.2 Å². The highest BCUT2D eigenvalue weighted by molar-refractivity contribution is 5.80. The van der Waals surface area contributed by atoms with E-state index in [4.69, 9.17) is 0 Å². The molecule has 5 nitrogen and oxygen atoms in total. The number of hydrogen-bond acceptors (Lipinski definition) is 4. The number of rotatable bonds is 5. The van der Waals surface area contributed by atoms with Gasteiger partial charge in [-0.05, 0) is 43.8 Å². The summed E-state index contributed by atoms with van der Waals surface area (Å²) in [6.45, 7) is 5.33. The third-order valence-corrected chi connectivity index (χ3v) is 4.06. The quantitative estimate of drug-likeness (QED) is 0.733. The Morgan fingerprint density at radius 2 is 2.20 bits per heavy atom. The lowest BCUT2D eigenvalue weighted by atomic mass is 9.91. The molecular formula is C15H23N5. The number of hydrogen-bond donors (Lipinski definition) is 3. The Balaban J connectivity index is 1.78. The first kappa shape index (κ1) is 13.4. The van der Waals surface area contributed by atoms with Crippen LogP contribution in [0.4, 0.5) is 5.95 Å². The molecule has 0 aliphatic carbocycles. The number of anilines is 1. The normalized spacial score (nSPS) is 16.6. The van der Waals surface area contributed by atoms with Gasteiger partial charge in [0.2, 0.25) is 5.95 Å². The van der Waals surface area contributed by atoms with E-state index >= 15 is 0 Å². The second-order valence-corrected chi connectivity index (χ2v) is 5.50. The van der Waals surface area contributed by atoms with Crippen molar-refractivity contribution in [2.24, 2.45) is 0 Å². The molecule has 2 aromatic rings. The summed E-state index contributed by atoms with van der Waals surface area (Å²) in [5, 5.41) is 7.86. The highest BCUT2D eigenvalue weighted by Gasteiger charge is 2.19. The average Bonchev–Trinajstić information content (AvgIpc) is 2.91. The molecule has 0 atom stereocenters. The van der Waals surface area contributed by atoms with Crippen LogP contribution in [0.2, 0.25) is 0 Å². The molecule has 0 saturated carbocycles. The van der Waals surface area contributed by atoms with E-state index < -0.39 is 0 Å². The van der Waals surface area contributed by atoms with Gasteiger partial charge in [-0.3, -0.25) is 0 Å². The molecule has 1 saturated heterocycles. The van der Waals surface area contributed by atoms with E-state index in [0.717, 1.165) is 37.7 Å². The first-order chi connectivity index (χ1) is 9.88. The van der Waals surface area contributed by atoms with Crippen LogP contribution in [0.5, 0.6) is 0 Å². The molecule has 0 unspecified atom stereocenters. The van der Waals surface area contributed by atoms with E-state index in [0.29, 0.717) is 5.92 Å². The average molecular weight is 273 g/mol. The number of aromatic nitrogens is 3. The third-order valence-electron chi connectivity index (χ3n) is 4.06. The number of nitrogens with one attached hydrogen (secondary N) is 3. The Kier molecular flexibility index (Phi) is 4.16. The van der Waals surface area contributed by atoms with E-state index in [-0.39, 0.29) is 0 Å². The lowest BCUT2D eigenvalue weighted by molar-refractivity contribution is 0.462. The fourth-order valence-electron chi connectivity index (χ4n) is 2.86. The summed E-state index contributed by atoms with van der Waals surface area (Å²) in [6, 6.07) is 0. The van der Waals surface area contributed by atoms with Gasteiger partial charge in [0.1, 0.15) is 5.65 Å². The Morgan fingerprint density at radius 3 is 3.00 bits per heavy atom. The first-order valence-corrected chi connectivity index (χ1v) is 7.67. The number of fused-ring (bicyclic) bond motifs is 1. The van der Waals surface area contributed by atoms with E-state index in [9.17, 15) is 0 Å². The maximum atomic E-state index is 4.57. The second kappa shape index (κ2) is 6.22.